The lowest BCUT2D eigenvalue weighted by molar-refractivity contribution is -0.114. The Kier molecular flexibility index (Phi) is 4.26. The van der Waals surface area contributed by atoms with Gasteiger partial charge in [-0.2, -0.15) is 0 Å². The van der Waals surface area contributed by atoms with Crippen LogP contribution < -0.4 is 10.6 Å². The molecule has 0 spiro atoms. The molecule has 0 bridgehead atoms. The van der Waals surface area contributed by atoms with Crippen LogP contribution >= 0.6 is 11.6 Å². The molecule has 0 unspecified atom stereocenters. The van der Waals surface area contributed by atoms with Crippen molar-refractivity contribution in [2.45, 2.75) is 0 Å². The molecule has 2 N–H and O–H groups in total. The molecule has 4 heteroatoms. The van der Waals surface area contributed by atoms with Crippen LogP contribution in [0.4, 0.5) is 11.4 Å². The first-order valence-electron chi connectivity index (χ1n) is 6.99. The fourth-order valence-corrected chi connectivity index (χ4v) is 2.42. The van der Waals surface area contributed by atoms with Gasteiger partial charge in [0.2, 0.25) is 5.91 Å². The molecule has 0 saturated carbocycles. The van der Waals surface area contributed by atoms with Crippen LogP contribution in [0.3, 0.4) is 0 Å². The van der Waals surface area contributed by atoms with Gasteiger partial charge in [0.15, 0.2) is 0 Å². The number of anilines is 2. The fourth-order valence-electron chi connectivity index (χ4n) is 2.24. The maximum Gasteiger partial charge on any atom is 0.243 e. The lowest BCUT2D eigenvalue weighted by Crippen LogP contribution is -2.21. The number of carbonyl (C=O) groups excluding carboxylic acids is 1. The molecule has 0 atom stereocenters. The van der Waals surface area contributed by atoms with Crippen molar-refractivity contribution in [1.82, 2.24) is 0 Å². The smallest absolute Gasteiger partial charge is 0.243 e. The van der Waals surface area contributed by atoms with E-state index in [-0.39, 0.29) is 12.5 Å². The second-order valence-electron chi connectivity index (χ2n) is 4.94. The van der Waals surface area contributed by atoms with Crippen molar-refractivity contribution in [3.05, 3.63) is 71.8 Å². The van der Waals surface area contributed by atoms with Gasteiger partial charge in [-0.05, 0) is 35.0 Å². The van der Waals surface area contributed by atoms with Gasteiger partial charge in [-0.25, -0.2) is 0 Å². The van der Waals surface area contributed by atoms with Gasteiger partial charge in [0, 0.05) is 5.69 Å². The average molecular weight is 311 g/mol. The van der Waals surface area contributed by atoms with Crippen LogP contribution in [0.25, 0.3) is 10.8 Å². The van der Waals surface area contributed by atoms with Crippen molar-refractivity contribution < 1.29 is 4.79 Å². The van der Waals surface area contributed by atoms with Crippen LogP contribution in [0.5, 0.6) is 0 Å². The third-order valence-corrected chi connectivity index (χ3v) is 3.68. The van der Waals surface area contributed by atoms with E-state index < -0.39 is 0 Å². The first-order chi connectivity index (χ1) is 10.7. The fraction of sp³-hybridized carbons (Fsp3) is 0.0556. The highest BCUT2D eigenvalue weighted by Gasteiger charge is 2.05. The first-order valence-corrected chi connectivity index (χ1v) is 7.37. The molecule has 3 nitrogen and oxygen atoms in total. The highest BCUT2D eigenvalue weighted by molar-refractivity contribution is 6.33. The molecule has 110 valence electrons. The first kappa shape index (κ1) is 14.4. The van der Waals surface area contributed by atoms with Gasteiger partial charge >= 0.3 is 0 Å². The van der Waals surface area contributed by atoms with Crippen LogP contribution in [-0.4, -0.2) is 12.5 Å². The number of benzene rings is 3. The summed E-state index contributed by atoms with van der Waals surface area (Å²) in [5.41, 5.74) is 1.53. The summed E-state index contributed by atoms with van der Waals surface area (Å²) in [6, 6.07) is 21.3. The third-order valence-electron chi connectivity index (χ3n) is 3.35. The quantitative estimate of drug-likeness (QED) is 0.742. The molecule has 0 aliphatic heterocycles. The molecule has 1 amide bonds. The predicted octanol–water partition coefficient (Wildman–Crippen LogP) is 4.54. The Balaban J connectivity index is 1.63. The van der Waals surface area contributed by atoms with E-state index in [0.717, 1.165) is 11.1 Å². The second kappa shape index (κ2) is 6.50. The molecule has 0 fully saturated rings. The highest BCUT2D eigenvalue weighted by atomic mass is 35.5. The number of nitrogens with one attached hydrogen (secondary N) is 2. The molecule has 3 rings (SSSR count). The van der Waals surface area contributed by atoms with Crippen LogP contribution in [0.2, 0.25) is 5.02 Å². The van der Waals surface area contributed by atoms with E-state index in [9.17, 15) is 4.79 Å². The maximum atomic E-state index is 12.0. The summed E-state index contributed by atoms with van der Waals surface area (Å²) in [7, 11) is 0. The van der Waals surface area contributed by atoms with Gasteiger partial charge < -0.3 is 10.6 Å². The minimum atomic E-state index is -0.138. The summed E-state index contributed by atoms with van der Waals surface area (Å²) in [5, 5.41) is 8.75. The summed E-state index contributed by atoms with van der Waals surface area (Å²) in [4.78, 5) is 12.0. The van der Waals surface area contributed by atoms with E-state index in [1.165, 1.54) is 5.39 Å². The number of fused-ring (bicyclic) bond motifs is 1. The van der Waals surface area contributed by atoms with E-state index in [2.05, 4.69) is 16.7 Å². The largest absolute Gasteiger partial charge is 0.376 e. The topological polar surface area (TPSA) is 41.1 Å². The molecule has 22 heavy (non-hydrogen) atoms. The molecule has 0 aromatic heterocycles. The highest BCUT2D eigenvalue weighted by Crippen LogP contribution is 2.21. The lowest BCUT2D eigenvalue weighted by atomic mass is 10.1. The standard InChI is InChI=1S/C18H15ClN2O/c19-16-7-3-4-8-17(16)21-18(22)12-20-15-10-9-13-5-1-2-6-14(13)11-15/h1-11,20H,12H2,(H,21,22). The molecule has 0 heterocycles. The van der Waals surface area contributed by atoms with Crippen molar-refractivity contribution >= 4 is 39.7 Å². The SMILES string of the molecule is O=C(CNc1ccc2ccccc2c1)Nc1ccccc1Cl. The Morgan fingerprint density at radius 2 is 1.64 bits per heavy atom. The number of halogens is 1. The van der Waals surface area contributed by atoms with Crippen LogP contribution in [0.1, 0.15) is 0 Å². The molecule has 3 aromatic carbocycles. The minimum absolute atomic E-state index is 0.138. The maximum absolute atomic E-state index is 12.0. The van der Waals surface area contributed by atoms with Gasteiger partial charge in [-0.3, -0.25) is 4.79 Å². The van der Waals surface area contributed by atoms with E-state index in [0.29, 0.717) is 10.7 Å². The van der Waals surface area contributed by atoms with Gasteiger partial charge in [0.1, 0.15) is 0 Å². The number of para-hydroxylation sites is 1. The van der Waals surface area contributed by atoms with Crippen molar-refractivity contribution in [2.24, 2.45) is 0 Å². The molecule has 0 aliphatic carbocycles. The molecular weight excluding hydrogens is 296 g/mol. The van der Waals surface area contributed by atoms with E-state index in [4.69, 9.17) is 11.6 Å². The molecular formula is C18H15ClN2O. The zero-order valence-corrected chi connectivity index (χ0v) is 12.6. The van der Waals surface area contributed by atoms with Gasteiger partial charge in [-0.15, -0.1) is 0 Å². The van der Waals surface area contributed by atoms with E-state index >= 15 is 0 Å². The number of rotatable bonds is 4. The Bertz CT molecular complexity index is 817. The van der Waals surface area contributed by atoms with Crippen LogP contribution in [0.15, 0.2) is 66.7 Å². The van der Waals surface area contributed by atoms with E-state index in [1.54, 1.807) is 12.1 Å². The van der Waals surface area contributed by atoms with Crippen LogP contribution in [-0.2, 0) is 4.79 Å². The summed E-state index contributed by atoms with van der Waals surface area (Å²) in [6.07, 6.45) is 0. The summed E-state index contributed by atoms with van der Waals surface area (Å²) < 4.78 is 0. The summed E-state index contributed by atoms with van der Waals surface area (Å²) >= 11 is 6.02. The zero-order valence-electron chi connectivity index (χ0n) is 11.8. The zero-order chi connectivity index (χ0) is 15.4. The molecule has 0 radical (unpaired) electrons. The molecule has 0 aliphatic rings. The van der Waals surface area contributed by atoms with Crippen molar-refractivity contribution in [1.29, 1.82) is 0 Å². The Labute approximate surface area is 133 Å². The number of amides is 1. The monoisotopic (exact) mass is 310 g/mol. The third kappa shape index (κ3) is 3.38. The lowest BCUT2D eigenvalue weighted by Gasteiger charge is -2.09. The Morgan fingerprint density at radius 1 is 0.909 bits per heavy atom. The number of carbonyl (C=O) groups is 1. The number of hydrogen-bond donors (Lipinski definition) is 2. The van der Waals surface area contributed by atoms with Gasteiger partial charge in [-0.1, -0.05) is 54.1 Å². The predicted molar refractivity (Wildman–Crippen MR) is 92.5 cm³/mol. The summed E-state index contributed by atoms with van der Waals surface area (Å²) in [5.74, 6) is -0.138. The molecule has 0 saturated heterocycles. The van der Waals surface area contributed by atoms with Crippen LogP contribution in [0, 0.1) is 0 Å². The normalized spacial score (nSPS) is 10.4. The van der Waals surface area contributed by atoms with Gasteiger partial charge in [0.05, 0.1) is 17.3 Å². The summed E-state index contributed by atoms with van der Waals surface area (Å²) in [6.45, 7) is 0.184. The Hall–Kier alpha value is -2.52. The second-order valence-corrected chi connectivity index (χ2v) is 5.35. The Morgan fingerprint density at radius 3 is 2.45 bits per heavy atom. The van der Waals surface area contributed by atoms with E-state index in [1.807, 2.05) is 48.5 Å². The van der Waals surface area contributed by atoms with Crippen molar-refractivity contribution in [3.63, 3.8) is 0 Å². The number of hydrogen-bond acceptors (Lipinski definition) is 2. The van der Waals surface area contributed by atoms with Gasteiger partial charge in [0.25, 0.3) is 0 Å². The average Bonchev–Trinajstić information content (AvgIpc) is 2.55. The van der Waals surface area contributed by atoms with Crippen molar-refractivity contribution in [3.8, 4) is 0 Å². The minimum Gasteiger partial charge on any atom is -0.376 e. The molecule has 3 aromatic rings. The van der Waals surface area contributed by atoms with Crippen molar-refractivity contribution in [2.75, 3.05) is 17.2 Å².